The summed E-state index contributed by atoms with van der Waals surface area (Å²) in [6, 6.07) is 58.3. The van der Waals surface area contributed by atoms with Crippen molar-refractivity contribution in [3.8, 4) is 56.2 Å². The number of furan rings is 2. The van der Waals surface area contributed by atoms with Crippen molar-refractivity contribution >= 4 is 54.8 Å². The Morgan fingerprint density at radius 1 is 0.370 bits per heavy atom. The minimum absolute atomic E-state index is 0.640. The molecule has 0 saturated heterocycles. The summed E-state index contributed by atoms with van der Waals surface area (Å²) in [5.74, 6) is 0.640. The Hall–Kier alpha value is -7.37. The summed E-state index contributed by atoms with van der Waals surface area (Å²) in [4.78, 5) is 14.9. The van der Waals surface area contributed by atoms with Gasteiger partial charge in [0.15, 0.2) is 5.82 Å². The van der Waals surface area contributed by atoms with Gasteiger partial charge in [-0.1, -0.05) is 121 Å². The predicted molar refractivity (Wildman–Crippen MR) is 219 cm³/mol. The zero-order chi connectivity index (χ0) is 35.6. The first-order valence-corrected chi connectivity index (χ1v) is 18.0. The van der Waals surface area contributed by atoms with E-state index in [4.69, 9.17) is 18.8 Å². The highest BCUT2D eigenvalue weighted by molar-refractivity contribution is 6.17. The fourth-order valence-corrected chi connectivity index (χ4v) is 7.78. The molecule has 0 unspecified atom stereocenters. The molecule has 252 valence electrons. The Morgan fingerprint density at radius 2 is 1.02 bits per heavy atom. The number of para-hydroxylation sites is 3. The van der Waals surface area contributed by atoms with Crippen LogP contribution in [-0.4, -0.2) is 15.0 Å². The smallest absolute Gasteiger partial charge is 0.160 e. The van der Waals surface area contributed by atoms with E-state index in [1.165, 1.54) is 0 Å². The summed E-state index contributed by atoms with van der Waals surface area (Å²) in [6.45, 7) is 0. The van der Waals surface area contributed by atoms with Gasteiger partial charge in [0.05, 0.1) is 16.9 Å². The first-order chi connectivity index (χ1) is 26.7. The average Bonchev–Trinajstić information content (AvgIpc) is 3.82. The van der Waals surface area contributed by atoms with Gasteiger partial charge in [0, 0.05) is 49.8 Å². The molecular weight excluding hydrogens is 663 g/mol. The van der Waals surface area contributed by atoms with E-state index in [1.54, 1.807) is 0 Å². The average molecular weight is 692 g/mol. The molecule has 0 saturated carbocycles. The lowest BCUT2D eigenvalue weighted by Crippen LogP contribution is -1.96. The molecule has 0 aliphatic carbocycles. The number of fused-ring (bicyclic) bond motifs is 7. The van der Waals surface area contributed by atoms with Crippen molar-refractivity contribution < 1.29 is 8.83 Å². The molecule has 0 aliphatic rings. The fourth-order valence-electron chi connectivity index (χ4n) is 7.78. The third-order valence-electron chi connectivity index (χ3n) is 10.4. The number of hydrogen-bond donors (Lipinski definition) is 0. The summed E-state index contributed by atoms with van der Waals surface area (Å²) in [5, 5.41) is 5.42. The number of rotatable bonds is 5. The Labute approximate surface area is 309 Å². The molecule has 11 aromatic rings. The van der Waals surface area contributed by atoms with E-state index in [0.717, 1.165) is 105 Å². The van der Waals surface area contributed by atoms with Gasteiger partial charge in [0.1, 0.15) is 22.3 Å². The predicted octanol–water partition coefficient (Wildman–Crippen LogP) is 13.2. The van der Waals surface area contributed by atoms with Crippen LogP contribution in [0.2, 0.25) is 0 Å². The summed E-state index contributed by atoms with van der Waals surface area (Å²) in [7, 11) is 0. The molecule has 11 rings (SSSR count). The minimum atomic E-state index is 0.640. The van der Waals surface area contributed by atoms with Crippen molar-refractivity contribution in [3.05, 3.63) is 176 Å². The first-order valence-electron chi connectivity index (χ1n) is 18.0. The molecule has 0 aliphatic heterocycles. The zero-order valence-corrected chi connectivity index (χ0v) is 28.9. The highest BCUT2D eigenvalue weighted by Crippen LogP contribution is 2.43. The van der Waals surface area contributed by atoms with Crippen LogP contribution in [0.1, 0.15) is 0 Å². The van der Waals surface area contributed by atoms with E-state index < -0.39 is 0 Å². The van der Waals surface area contributed by atoms with E-state index in [9.17, 15) is 0 Å². The molecule has 0 spiro atoms. The highest BCUT2D eigenvalue weighted by atomic mass is 16.3. The third-order valence-corrected chi connectivity index (χ3v) is 10.4. The van der Waals surface area contributed by atoms with Crippen molar-refractivity contribution in [3.63, 3.8) is 0 Å². The molecule has 7 aromatic carbocycles. The number of pyridine rings is 1. The molecule has 0 amide bonds. The van der Waals surface area contributed by atoms with Crippen molar-refractivity contribution in [2.75, 3.05) is 0 Å². The summed E-state index contributed by atoms with van der Waals surface area (Å²) in [6.07, 6.45) is 1.87. The largest absolute Gasteiger partial charge is 0.456 e. The number of benzene rings is 7. The maximum atomic E-state index is 6.74. The van der Waals surface area contributed by atoms with Crippen molar-refractivity contribution in [2.45, 2.75) is 0 Å². The van der Waals surface area contributed by atoms with Crippen LogP contribution < -0.4 is 0 Å². The normalized spacial score (nSPS) is 11.7. The summed E-state index contributed by atoms with van der Waals surface area (Å²) in [5.41, 5.74) is 13.1. The van der Waals surface area contributed by atoms with E-state index in [-0.39, 0.29) is 0 Å². The van der Waals surface area contributed by atoms with Crippen molar-refractivity contribution in [1.29, 1.82) is 0 Å². The van der Waals surface area contributed by atoms with Crippen LogP contribution in [0, 0.1) is 0 Å². The van der Waals surface area contributed by atoms with Crippen LogP contribution in [-0.2, 0) is 0 Å². The lowest BCUT2D eigenvalue weighted by molar-refractivity contribution is 0.668. The van der Waals surface area contributed by atoms with E-state index in [0.29, 0.717) is 5.82 Å². The van der Waals surface area contributed by atoms with Crippen LogP contribution in [0.25, 0.3) is 111 Å². The van der Waals surface area contributed by atoms with Crippen LogP contribution >= 0.6 is 0 Å². The van der Waals surface area contributed by atoms with Gasteiger partial charge >= 0.3 is 0 Å². The Bertz CT molecular complexity index is 3210. The monoisotopic (exact) mass is 691 g/mol. The maximum Gasteiger partial charge on any atom is 0.160 e. The first kappa shape index (κ1) is 30.3. The topological polar surface area (TPSA) is 65.0 Å². The molecule has 54 heavy (non-hydrogen) atoms. The number of nitrogens with zero attached hydrogens (tertiary/aromatic N) is 3. The Kier molecular flexibility index (Phi) is 6.79. The molecular formula is C49H29N3O2. The summed E-state index contributed by atoms with van der Waals surface area (Å²) >= 11 is 0. The highest BCUT2D eigenvalue weighted by Gasteiger charge is 2.20. The van der Waals surface area contributed by atoms with Crippen LogP contribution in [0.3, 0.4) is 0 Å². The van der Waals surface area contributed by atoms with Gasteiger partial charge in [-0.2, -0.15) is 0 Å². The molecule has 0 atom stereocenters. The molecule has 4 heterocycles. The second-order valence-corrected chi connectivity index (χ2v) is 13.6. The van der Waals surface area contributed by atoms with Gasteiger partial charge < -0.3 is 8.83 Å². The van der Waals surface area contributed by atoms with E-state index in [2.05, 4.69) is 114 Å². The van der Waals surface area contributed by atoms with Gasteiger partial charge in [-0.05, 0) is 70.8 Å². The number of hydrogen-bond acceptors (Lipinski definition) is 5. The molecule has 4 aromatic heterocycles. The van der Waals surface area contributed by atoms with Gasteiger partial charge in [-0.25, -0.2) is 9.97 Å². The van der Waals surface area contributed by atoms with Crippen LogP contribution in [0.4, 0.5) is 0 Å². The lowest BCUT2D eigenvalue weighted by Gasteiger charge is -2.12. The van der Waals surface area contributed by atoms with Crippen molar-refractivity contribution in [2.24, 2.45) is 0 Å². The lowest BCUT2D eigenvalue weighted by atomic mass is 9.95. The molecule has 5 nitrogen and oxygen atoms in total. The Balaban J connectivity index is 1.09. The standard InChI is InChI=1S/C49H29N3O2/c1-2-10-31(11-3-1)42-29-43(52-49(51-42)32-20-18-30(19-21-32)34-26-27-50-41-15-7-4-12-36(34)41)39-25-24-35(47-40-14-6-9-17-45(40)54-48(39)47)33-22-23-38-37-13-5-8-16-44(37)53-46(38)28-33/h1-29H. The third kappa shape index (κ3) is 4.90. The zero-order valence-electron chi connectivity index (χ0n) is 28.9. The molecule has 5 heteroatoms. The van der Waals surface area contributed by atoms with Crippen LogP contribution in [0.15, 0.2) is 185 Å². The molecule has 0 bridgehead atoms. The van der Waals surface area contributed by atoms with Gasteiger partial charge in [0.2, 0.25) is 0 Å². The molecule has 0 radical (unpaired) electrons. The van der Waals surface area contributed by atoms with Gasteiger partial charge in [-0.3, -0.25) is 4.98 Å². The molecule has 0 N–H and O–H groups in total. The minimum Gasteiger partial charge on any atom is -0.456 e. The van der Waals surface area contributed by atoms with Crippen LogP contribution in [0.5, 0.6) is 0 Å². The van der Waals surface area contributed by atoms with E-state index >= 15 is 0 Å². The fraction of sp³-hybridized carbons (Fsp3) is 0. The second kappa shape index (κ2) is 12.1. The van der Waals surface area contributed by atoms with Gasteiger partial charge in [0.25, 0.3) is 0 Å². The van der Waals surface area contributed by atoms with Gasteiger partial charge in [-0.15, -0.1) is 0 Å². The van der Waals surface area contributed by atoms with Crippen molar-refractivity contribution in [1.82, 2.24) is 15.0 Å². The quantitative estimate of drug-likeness (QED) is 0.180. The Morgan fingerprint density at radius 3 is 1.87 bits per heavy atom. The number of aromatic nitrogens is 3. The van der Waals surface area contributed by atoms with E-state index in [1.807, 2.05) is 66.9 Å². The molecule has 0 fully saturated rings. The second-order valence-electron chi connectivity index (χ2n) is 13.6. The maximum absolute atomic E-state index is 6.74. The SMILES string of the molecule is c1ccc(-c2cc(-c3ccc(-c4ccc5c(c4)oc4ccccc45)c4c3oc3ccccc34)nc(-c3ccc(-c4ccnc5ccccc45)cc3)n2)cc1. The summed E-state index contributed by atoms with van der Waals surface area (Å²) < 4.78 is 13.0.